The molecule has 0 fully saturated rings. The minimum Gasteiger partial charge on any atom is -0.234 e. The van der Waals surface area contributed by atoms with E-state index in [0.717, 1.165) is 24.3 Å². The molecular formula is C25H12Cl2F6N2. The largest absolute Gasteiger partial charge is 0.416 e. The molecule has 2 nitrogen and oxygen atoms in total. The highest BCUT2D eigenvalue weighted by atomic mass is 35.5. The van der Waals surface area contributed by atoms with Gasteiger partial charge in [0.1, 0.15) is 10.3 Å². The Balaban J connectivity index is 1.86. The lowest BCUT2D eigenvalue weighted by Crippen LogP contribution is -2.29. The lowest BCUT2D eigenvalue weighted by molar-refractivity contribution is -0.138. The number of halogens is 8. The van der Waals surface area contributed by atoms with Crippen LogP contribution in [-0.2, 0) is 17.8 Å². The highest BCUT2D eigenvalue weighted by molar-refractivity contribution is 6.30. The molecule has 2 aromatic carbocycles. The molecule has 2 heterocycles. The van der Waals surface area contributed by atoms with Crippen molar-refractivity contribution < 1.29 is 26.3 Å². The maximum absolute atomic E-state index is 13.3. The van der Waals surface area contributed by atoms with Gasteiger partial charge in [0.25, 0.3) is 0 Å². The molecule has 178 valence electrons. The summed E-state index contributed by atoms with van der Waals surface area (Å²) in [6.45, 7) is 0. The van der Waals surface area contributed by atoms with Gasteiger partial charge < -0.3 is 0 Å². The number of hydrogen-bond donors (Lipinski definition) is 0. The Morgan fingerprint density at radius 2 is 0.857 bits per heavy atom. The van der Waals surface area contributed by atoms with Gasteiger partial charge in [0, 0.05) is 0 Å². The molecule has 0 bridgehead atoms. The molecule has 10 heteroatoms. The van der Waals surface area contributed by atoms with Crippen LogP contribution in [0.4, 0.5) is 26.3 Å². The van der Waals surface area contributed by atoms with Crippen LogP contribution in [0.2, 0.25) is 10.3 Å². The fourth-order valence-corrected chi connectivity index (χ4v) is 4.88. The summed E-state index contributed by atoms with van der Waals surface area (Å²) in [6, 6.07) is 15.3. The third-order valence-electron chi connectivity index (χ3n) is 6.05. The Bertz CT molecular complexity index is 1320. The molecule has 0 aliphatic heterocycles. The zero-order valence-corrected chi connectivity index (χ0v) is 18.9. The molecule has 35 heavy (non-hydrogen) atoms. The third kappa shape index (κ3) is 3.76. The van der Waals surface area contributed by atoms with Gasteiger partial charge in [-0.15, -0.1) is 0 Å². The van der Waals surface area contributed by atoms with Crippen molar-refractivity contribution in [3.8, 4) is 11.4 Å². The SMILES string of the molecule is FC(F)(F)c1ccc(C2(c3ccc(C(F)(F)F)cc3)c3ccc(Cl)nc3-c3nc(Cl)ccc32)cc1. The van der Waals surface area contributed by atoms with Gasteiger partial charge in [-0.05, 0) is 58.7 Å². The predicted molar refractivity (Wildman–Crippen MR) is 119 cm³/mol. The Morgan fingerprint density at radius 3 is 1.17 bits per heavy atom. The van der Waals surface area contributed by atoms with Crippen LogP contribution in [-0.4, -0.2) is 9.97 Å². The zero-order valence-electron chi connectivity index (χ0n) is 17.3. The van der Waals surface area contributed by atoms with Crippen molar-refractivity contribution in [1.29, 1.82) is 0 Å². The molecule has 0 N–H and O–H groups in total. The van der Waals surface area contributed by atoms with Gasteiger partial charge >= 0.3 is 12.4 Å². The van der Waals surface area contributed by atoms with Gasteiger partial charge in [-0.2, -0.15) is 26.3 Å². The van der Waals surface area contributed by atoms with E-state index in [4.69, 9.17) is 23.2 Å². The zero-order chi connectivity index (χ0) is 25.2. The summed E-state index contributed by atoms with van der Waals surface area (Å²) < 4.78 is 79.7. The van der Waals surface area contributed by atoms with Crippen molar-refractivity contribution in [3.05, 3.63) is 116 Å². The molecule has 0 saturated carbocycles. The van der Waals surface area contributed by atoms with E-state index in [-0.39, 0.29) is 10.3 Å². The number of hydrogen-bond acceptors (Lipinski definition) is 2. The van der Waals surface area contributed by atoms with E-state index in [1.54, 1.807) is 12.1 Å². The number of benzene rings is 2. The summed E-state index contributed by atoms with van der Waals surface area (Å²) in [4.78, 5) is 8.76. The van der Waals surface area contributed by atoms with Crippen molar-refractivity contribution in [2.75, 3.05) is 0 Å². The van der Waals surface area contributed by atoms with Gasteiger partial charge in [-0.3, -0.25) is 0 Å². The summed E-state index contributed by atoms with van der Waals surface area (Å²) in [7, 11) is 0. The van der Waals surface area contributed by atoms with Crippen LogP contribution in [0.15, 0.2) is 72.8 Å². The molecule has 0 atom stereocenters. The second kappa shape index (κ2) is 7.96. The molecule has 0 amide bonds. The lowest BCUT2D eigenvalue weighted by atomic mass is 9.68. The van der Waals surface area contributed by atoms with E-state index >= 15 is 0 Å². The van der Waals surface area contributed by atoms with Crippen LogP contribution in [0.3, 0.4) is 0 Å². The van der Waals surface area contributed by atoms with Gasteiger partial charge in [-0.1, -0.05) is 59.6 Å². The predicted octanol–water partition coefficient (Wildman–Crippen LogP) is 8.18. The van der Waals surface area contributed by atoms with E-state index in [1.807, 2.05) is 0 Å². The standard InChI is InChI=1S/C25H12Cl2F6N2/c26-19-11-9-17-21(34-19)22-18(10-12-20(27)35-22)23(17,13-1-5-15(6-2-13)24(28,29)30)14-3-7-16(8-4-14)25(31,32)33/h1-12H. The molecule has 5 rings (SSSR count). The molecule has 0 unspecified atom stereocenters. The smallest absolute Gasteiger partial charge is 0.234 e. The van der Waals surface area contributed by atoms with Crippen LogP contribution in [0.1, 0.15) is 33.4 Å². The van der Waals surface area contributed by atoms with E-state index in [0.29, 0.717) is 33.6 Å². The van der Waals surface area contributed by atoms with E-state index < -0.39 is 28.9 Å². The van der Waals surface area contributed by atoms with Crippen LogP contribution in [0.25, 0.3) is 11.4 Å². The van der Waals surface area contributed by atoms with Crippen molar-refractivity contribution in [2.45, 2.75) is 17.8 Å². The molecule has 4 aromatic rings. The minimum absolute atomic E-state index is 0.145. The van der Waals surface area contributed by atoms with Crippen LogP contribution in [0, 0.1) is 0 Å². The van der Waals surface area contributed by atoms with Crippen molar-refractivity contribution in [2.24, 2.45) is 0 Å². The Morgan fingerprint density at radius 1 is 0.514 bits per heavy atom. The summed E-state index contributed by atoms with van der Waals surface area (Å²) in [5, 5.41) is 0.291. The molecule has 0 saturated heterocycles. The van der Waals surface area contributed by atoms with E-state index in [1.165, 1.54) is 36.4 Å². The van der Waals surface area contributed by atoms with Crippen molar-refractivity contribution in [3.63, 3.8) is 0 Å². The maximum atomic E-state index is 13.3. The Labute approximate surface area is 205 Å². The number of fused-ring (bicyclic) bond motifs is 3. The molecule has 0 radical (unpaired) electrons. The lowest BCUT2D eigenvalue weighted by Gasteiger charge is -2.33. The quantitative estimate of drug-likeness (QED) is 0.172. The summed E-state index contributed by atoms with van der Waals surface area (Å²) >= 11 is 12.3. The number of aromatic nitrogens is 2. The number of alkyl halides is 6. The Kier molecular flexibility index (Phi) is 5.38. The summed E-state index contributed by atoms with van der Waals surface area (Å²) in [6.07, 6.45) is -9.12. The molecule has 1 aliphatic carbocycles. The van der Waals surface area contributed by atoms with Gasteiger partial charge in [-0.25, -0.2) is 9.97 Å². The van der Waals surface area contributed by atoms with Gasteiger partial charge in [0.05, 0.1) is 27.9 Å². The number of pyridine rings is 2. The Hall–Kier alpha value is -3.10. The van der Waals surface area contributed by atoms with Gasteiger partial charge in [0.15, 0.2) is 0 Å². The van der Waals surface area contributed by atoms with Crippen LogP contribution < -0.4 is 0 Å². The second-order valence-corrected chi connectivity index (χ2v) is 8.74. The highest BCUT2D eigenvalue weighted by Gasteiger charge is 2.48. The fourth-order valence-electron chi connectivity index (χ4n) is 4.59. The summed E-state index contributed by atoms with van der Waals surface area (Å²) in [5.74, 6) is 0. The molecule has 2 aromatic heterocycles. The van der Waals surface area contributed by atoms with Gasteiger partial charge in [0.2, 0.25) is 0 Å². The number of nitrogens with zero attached hydrogens (tertiary/aromatic N) is 2. The molecule has 0 spiro atoms. The first kappa shape index (κ1) is 23.6. The highest BCUT2D eigenvalue weighted by Crippen LogP contribution is 2.55. The maximum Gasteiger partial charge on any atom is 0.416 e. The fraction of sp³-hybridized carbons (Fsp3) is 0.120. The van der Waals surface area contributed by atoms with Crippen LogP contribution in [0.5, 0.6) is 0 Å². The number of rotatable bonds is 2. The first-order chi connectivity index (χ1) is 16.4. The van der Waals surface area contributed by atoms with Crippen molar-refractivity contribution in [1.82, 2.24) is 9.97 Å². The summed E-state index contributed by atoms with van der Waals surface area (Å²) in [5.41, 5.74) is -0.552. The average Bonchev–Trinajstić information content (AvgIpc) is 3.08. The first-order valence-corrected chi connectivity index (χ1v) is 10.9. The minimum atomic E-state index is -4.56. The normalized spacial score (nSPS) is 14.5. The van der Waals surface area contributed by atoms with Crippen LogP contribution >= 0.6 is 23.2 Å². The second-order valence-electron chi connectivity index (χ2n) is 7.96. The third-order valence-corrected chi connectivity index (χ3v) is 6.47. The molecule has 1 aliphatic rings. The van der Waals surface area contributed by atoms with E-state index in [2.05, 4.69) is 9.97 Å². The monoisotopic (exact) mass is 524 g/mol. The van der Waals surface area contributed by atoms with Crippen molar-refractivity contribution >= 4 is 23.2 Å². The topological polar surface area (TPSA) is 25.8 Å². The average molecular weight is 525 g/mol. The first-order valence-electron chi connectivity index (χ1n) is 10.1. The molecular weight excluding hydrogens is 513 g/mol. The van der Waals surface area contributed by atoms with E-state index in [9.17, 15) is 26.3 Å².